The molecule has 118 valence electrons. The van der Waals surface area contributed by atoms with Crippen LogP contribution in [0, 0.1) is 0 Å². The monoisotopic (exact) mass is 291 g/mol. The molecule has 0 spiro atoms. The Kier molecular flexibility index (Phi) is 6.49. The highest BCUT2D eigenvalue weighted by Gasteiger charge is 2.15. The summed E-state index contributed by atoms with van der Waals surface area (Å²) in [4.78, 5) is 4.58. The van der Waals surface area contributed by atoms with Crippen molar-refractivity contribution < 1.29 is 5.11 Å². The summed E-state index contributed by atoms with van der Waals surface area (Å²) in [5.74, 6) is 0. The second kappa shape index (κ2) is 8.37. The van der Waals surface area contributed by atoms with E-state index in [1.165, 1.54) is 17.7 Å². The molecule has 21 heavy (non-hydrogen) atoms. The topological polar surface area (TPSA) is 38.7 Å². The molecule has 1 aromatic rings. The van der Waals surface area contributed by atoms with E-state index in [-0.39, 0.29) is 6.10 Å². The third-order valence-corrected chi connectivity index (χ3v) is 4.17. The smallest absolute Gasteiger partial charge is 0.0564 e. The molecule has 0 aliphatic carbocycles. The molecular formula is C17H29N3O. The summed E-state index contributed by atoms with van der Waals surface area (Å²) < 4.78 is 0. The van der Waals surface area contributed by atoms with E-state index < -0.39 is 0 Å². The van der Waals surface area contributed by atoms with Crippen molar-refractivity contribution in [3.8, 4) is 0 Å². The number of benzene rings is 1. The van der Waals surface area contributed by atoms with Crippen LogP contribution in [-0.4, -0.2) is 56.4 Å². The number of nitrogens with one attached hydrogen (secondary N) is 1. The number of rotatable bonds is 7. The van der Waals surface area contributed by atoms with E-state index in [1.807, 2.05) is 0 Å². The summed E-state index contributed by atoms with van der Waals surface area (Å²) in [6.45, 7) is 5.22. The van der Waals surface area contributed by atoms with Crippen molar-refractivity contribution >= 4 is 5.69 Å². The van der Waals surface area contributed by atoms with E-state index in [1.54, 1.807) is 0 Å². The van der Waals surface area contributed by atoms with Crippen LogP contribution in [-0.2, 0) is 6.54 Å². The fraction of sp³-hybridized carbons (Fsp3) is 0.647. The van der Waals surface area contributed by atoms with Gasteiger partial charge in [0.15, 0.2) is 0 Å². The molecular weight excluding hydrogens is 262 g/mol. The number of hydrogen-bond acceptors (Lipinski definition) is 4. The number of nitrogens with zero attached hydrogens (tertiary/aromatic N) is 2. The van der Waals surface area contributed by atoms with E-state index in [4.69, 9.17) is 0 Å². The van der Waals surface area contributed by atoms with Crippen molar-refractivity contribution in [2.45, 2.75) is 31.9 Å². The van der Waals surface area contributed by atoms with Crippen molar-refractivity contribution in [3.63, 3.8) is 0 Å². The zero-order chi connectivity index (χ0) is 15.1. The summed E-state index contributed by atoms with van der Waals surface area (Å²) in [6, 6.07) is 8.70. The summed E-state index contributed by atoms with van der Waals surface area (Å²) in [5.41, 5.74) is 2.58. The minimum Gasteiger partial charge on any atom is -0.393 e. The van der Waals surface area contributed by atoms with Gasteiger partial charge in [0.2, 0.25) is 0 Å². The van der Waals surface area contributed by atoms with Gasteiger partial charge in [-0.05, 0) is 50.0 Å². The van der Waals surface area contributed by atoms with Crippen LogP contribution in [0.5, 0.6) is 0 Å². The maximum Gasteiger partial charge on any atom is 0.0564 e. The third-order valence-electron chi connectivity index (χ3n) is 4.17. The first-order valence-electron chi connectivity index (χ1n) is 8.02. The number of likely N-dealkylation sites (tertiary alicyclic amines) is 1. The van der Waals surface area contributed by atoms with E-state index >= 15 is 0 Å². The fourth-order valence-electron chi connectivity index (χ4n) is 2.72. The lowest BCUT2D eigenvalue weighted by Gasteiger charge is -2.29. The lowest BCUT2D eigenvalue weighted by Crippen LogP contribution is -2.37. The van der Waals surface area contributed by atoms with Gasteiger partial charge in [0, 0.05) is 39.4 Å². The number of piperidine rings is 1. The maximum atomic E-state index is 9.47. The SMILES string of the molecule is CN(C)c1ccc(CNCCCN2CCC(O)CC2)cc1. The first kappa shape index (κ1) is 16.3. The van der Waals surface area contributed by atoms with Crippen LogP contribution in [0.4, 0.5) is 5.69 Å². The van der Waals surface area contributed by atoms with Gasteiger partial charge in [-0.2, -0.15) is 0 Å². The highest BCUT2D eigenvalue weighted by molar-refractivity contribution is 5.45. The molecule has 1 aliphatic heterocycles. The van der Waals surface area contributed by atoms with Crippen LogP contribution in [0.3, 0.4) is 0 Å². The van der Waals surface area contributed by atoms with E-state index in [0.717, 1.165) is 45.6 Å². The van der Waals surface area contributed by atoms with Crippen molar-refractivity contribution in [2.75, 3.05) is 45.2 Å². The standard InChI is InChI=1S/C17H29N3O/c1-19(2)16-6-4-15(5-7-16)14-18-10-3-11-20-12-8-17(21)9-13-20/h4-7,17-18,21H,3,8-14H2,1-2H3. The second-order valence-corrected chi connectivity index (χ2v) is 6.16. The van der Waals surface area contributed by atoms with Crippen LogP contribution in [0.25, 0.3) is 0 Å². The molecule has 1 heterocycles. The molecule has 0 atom stereocenters. The van der Waals surface area contributed by atoms with E-state index in [2.05, 4.69) is 53.5 Å². The van der Waals surface area contributed by atoms with Gasteiger partial charge >= 0.3 is 0 Å². The number of anilines is 1. The molecule has 2 N–H and O–H groups in total. The third kappa shape index (κ3) is 5.65. The zero-order valence-electron chi connectivity index (χ0n) is 13.4. The summed E-state index contributed by atoms with van der Waals surface area (Å²) >= 11 is 0. The van der Waals surface area contributed by atoms with Gasteiger partial charge in [-0.3, -0.25) is 0 Å². The highest BCUT2D eigenvalue weighted by atomic mass is 16.3. The van der Waals surface area contributed by atoms with Gasteiger partial charge in [-0.1, -0.05) is 12.1 Å². The van der Waals surface area contributed by atoms with Crippen molar-refractivity contribution in [1.29, 1.82) is 0 Å². The largest absolute Gasteiger partial charge is 0.393 e. The van der Waals surface area contributed by atoms with Crippen molar-refractivity contribution in [2.24, 2.45) is 0 Å². The maximum absolute atomic E-state index is 9.47. The quantitative estimate of drug-likeness (QED) is 0.750. The molecule has 0 saturated carbocycles. The summed E-state index contributed by atoms with van der Waals surface area (Å²) in [5, 5.41) is 13.0. The Morgan fingerprint density at radius 2 is 1.86 bits per heavy atom. The highest BCUT2D eigenvalue weighted by Crippen LogP contribution is 2.12. The molecule has 1 saturated heterocycles. The number of hydrogen-bond donors (Lipinski definition) is 2. The lowest BCUT2D eigenvalue weighted by atomic mass is 10.1. The molecule has 0 bridgehead atoms. The van der Waals surface area contributed by atoms with Crippen LogP contribution < -0.4 is 10.2 Å². The predicted octanol–water partition coefficient (Wildman–Crippen LogP) is 1.69. The molecule has 1 fully saturated rings. The Hall–Kier alpha value is -1.10. The molecule has 2 rings (SSSR count). The molecule has 4 nitrogen and oxygen atoms in total. The minimum absolute atomic E-state index is 0.0653. The van der Waals surface area contributed by atoms with Gasteiger partial charge in [-0.15, -0.1) is 0 Å². The average molecular weight is 291 g/mol. The fourth-order valence-corrected chi connectivity index (χ4v) is 2.72. The minimum atomic E-state index is -0.0653. The Bertz CT molecular complexity index is 397. The first-order chi connectivity index (χ1) is 10.1. The van der Waals surface area contributed by atoms with Crippen LogP contribution in [0.1, 0.15) is 24.8 Å². The van der Waals surface area contributed by atoms with E-state index in [9.17, 15) is 5.11 Å². The summed E-state index contributed by atoms with van der Waals surface area (Å²) in [7, 11) is 4.12. The lowest BCUT2D eigenvalue weighted by molar-refractivity contribution is 0.0821. The van der Waals surface area contributed by atoms with Gasteiger partial charge in [-0.25, -0.2) is 0 Å². The number of aliphatic hydroxyl groups is 1. The Labute approximate surface area is 128 Å². The molecule has 1 aromatic carbocycles. The Morgan fingerprint density at radius 3 is 2.48 bits per heavy atom. The first-order valence-corrected chi connectivity index (χ1v) is 8.02. The van der Waals surface area contributed by atoms with Crippen LogP contribution in [0.2, 0.25) is 0 Å². The van der Waals surface area contributed by atoms with Gasteiger partial charge in [0.1, 0.15) is 0 Å². The molecule has 0 radical (unpaired) electrons. The zero-order valence-corrected chi connectivity index (χ0v) is 13.4. The summed E-state index contributed by atoms with van der Waals surface area (Å²) in [6.07, 6.45) is 2.98. The molecule has 0 amide bonds. The van der Waals surface area contributed by atoms with Crippen molar-refractivity contribution in [1.82, 2.24) is 10.2 Å². The number of aliphatic hydroxyl groups excluding tert-OH is 1. The van der Waals surface area contributed by atoms with Crippen LogP contribution in [0.15, 0.2) is 24.3 Å². The molecule has 4 heteroatoms. The second-order valence-electron chi connectivity index (χ2n) is 6.16. The van der Waals surface area contributed by atoms with Crippen LogP contribution >= 0.6 is 0 Å². The molecule has 0 unspecified atom stereocenters. The Balaban J connectivity index is 1.57. The van der Waals surface area contributed by atoms with Gasteiger partial charge in [0.05, 0.1) is 6.10 Å². The molecule has 0 aromatic heterocycles. The van der Waals surface area contributed by atoms with Gasteiger partial charge < -0.3 is 20.2 Å². The predicted molar refractivity (Wildman–Crippen MR) is 88.8 cm³/mol. The molecule has 1 aliphatic rings. The van der Waals surface area contributed by atoms with Crippen molar-refractivity contribution in [3.05, 3.63) is 29.8 Å². The average Bonchev–Trinajstić information content (AvgIpc) is 2.49. The normalized spacial score (nSPS) is 17.1. The van der Waals surface area contributed by atoms with Gasteiger partial charge in [0.25, 0.3) is 0 Å². The van der Waals surface area contributed by atoms with E-state index in [0.29, 0.717) is 0 Å². The Morgan fingerprint density at radius 1 is 1.19 bits per heavy atom.